The first-order chi connectivity index (χ1) is 19.9. The summed E-state index contributed by atoms with van der Waals surface area (Å²) in [6, 6.07) is 7.04. The highest BCUT2D eigenvalue weighted by Gasteiger charge is 2.47. The molecule has 2 rings (SSSR count). The Labute approximate surface area is 256 Å². The first-order valence-corrected chi connectivity index (χ1v) is 15.0. The van der Waals surface area contributed by atoms with Gasteiger partial charge in [-0.15, -0.1) is 0 Å². The van der Waals surface area contributed by atoms with Gasteiger partial charge in [0, 0.05) is 24.3 Å². The minimum atomic E-state index is -1.12. The van der Waals surface area contributed by atoms with Gasteiger partial charge in [0.15, 0.2) is 11.6 Å². The summed E-state index contributed by atoms with van der Waals surface area (Å²) in [5.41, 5.74) is -0.816. The van der Waals surface area contributed by atoms with Crippen molar-refractivity contribution in [2.45, 2.75) is 97.9 Å². The SMILES string of the molecule is CC(C)(CCNC(=O)COCC(=O)O)OCCC(C)(C)OCCC(C)(C)OCCC(C)(C)C1C(=O)c2ccccc2C1=O. The van der Waals surface area contributed by atoms with Crippen molar-refractivity contribution in [3.8, 4) is 0 Å². The molecule has 10 heteroatoms. The predicted octanol–water partition coefficient (Wildman–Crippen LogP) is 4.87. The standard InChI is InChI=1S/C33H51NO9/c1-30(2,27-28(38)23-11-9-10-12-24(23)29(27)39)14-18-41-32(5,6)16-20-43-33(7,8)15-19-42-31(3,4)13-17-34-25(35)21-40-22-26(36)37/h9-12,27H,13-22H2,1-8H3,(H,34,35)(H,36,37). The number of ether oxygens (including phenoxy) is 4. The smallest absolute Gasteiger partial charge is 0.329 e. The molecule has 2 N–H and O–H groups in total. The van der Waals surface area contributed by atoms with Crippen molar-refractivity contribution in [2.75, 3.05) is 39.6 Å². The Bertz CT molecular complexity index is 1090. The number of carbonyl (C=O) groups is 4. The van der Waals surface area contributed by atoms with Crippen LogP contribution < -0.4 is 5.32 Å². The van der Waals surface area contributed by atoms with Gasteiger partial charge >= 0.3 is 5.97 Å². The van der Waals surface area contributed by atoms with Crippen LogP contribution in [0.3, 0.4) is 0 Å². The van der Waals surface area contributed by atoms with E-state index in [9.17, 15) is 19.2 Å². The van der Waals surface area contributed by atoms with Gasteiger partial charge in [-0.05, 0) is 72.6 Å². The molecule has 0 heterocycles. The molecule has 0 unspecified atom stereocenters. The quantitative estimate of drug-likeness (QED) is 0.199. The lowest BCUT2D eigenvalue weighted by atomic mass is 9.74. The molecule has 0 aliphatic heterocycles. The number of carboxylic acids is 1. The topological polar surface area (TPSA) is 137 Å². The Morgan fingerprint density at radius 3 is 1.63 bits per heavy atom. The molecule has 242 valence electrons. The molecule has 0 atom stereocenters. The summed E-state index contributed by atoms with van der Waals surface area (Å²) < 4.78 is 23.2. The lowest BCUT2D eigenvalue weighted by Crippen LogP contribution is -2.37. The fourth-order valence-corrected chi connectivity index (χ4v) is 4.94. The number of ketones is 2. The van der Waals surface area contributed by atoms with Gasteiger partial charge in [0.1, 0.15) is 13.2 Å². The first-order valence-electron chi connectivity index (χ1n) is 15.0. The minimum absolute atomic E-state index is 0.0975. The molecule has 1 aliphatic carbocycles. The molecular weight excluding hydrogens is 554 g/mol. The first kappa shape index (κ1) is 36.5. The van der Waals surface area contributed by atoms with Gasteiger partial charge in [-0.1, -0.05) is 38.1 Å². The Balaban J connectivity index is 1.67. The third kappa shape index (κ3) is 12.1. The number of amides is 1. The van der Waals surface area contributed by atoms with Crippen LogP contribution >= 0.6 is 0 Å². The van der Waals surface area contributed by atoms with E-state index in [2.05, 4.69) is 5.32 Å². The molecule has 0 spiro atoms. The number of hydrogen-bond donors (Lipinski definition) is 2. The second-order valence-electron chi connectivity index (χ2n) is 13.8. The molecule has 0 bridgehead atoms. The number of carboxylic acid groups (broad SMARTS) is 1. The number of rotatable bonds is 20. The largest absolute Gasteiger partial charge is 0.480 e. The summed E-state index contributed by atoms with van der Waals surface area (Å²) in [5, 5.41) is 11.3. The fraction of sp³-hybridized carbons (Fsp3) is 0.697. The zero-order valence-electron chi connectivity index (χ0n) is 27.2. The normalized spacial score (nSPS) is 14.7. The van der Waals surface area contributed by atoms with E-state index in [1.807, 2.05) is 55.4 Å². The van der Waals surface area contributed by atoms with Gasteiger partial charge in [0.05, 0.1) is 35.9 Å². The summed E-state index contributed by atoms with van der Waals surface area (Å²) in [6.45, 7) is 16.9. The van der Waals surface area contributed by atoms with E-state index in [1.165, 1.54) is 0 Å². The Kier molecular flexibility index (Phi) is 13.1. The molecule has 0 saturated heterocycles. The molecule has 1 amide bonds. The van der Waals surface area contributed by atoms with E-state index in [-0.39, 0.29) is 24.1 Å². The van der Waals surface area contributed by atoms with Crippen molar-refractivity contribution >= 4 is 23.4 Å². The zero-order valence-corrected chi connectivity index (χ0v) is 27.2. The summed E-state index contributed by atoms with van der Waals surface area (Å²) in [4.78, 5) is 48.1. The minimum Gasteiger partial charge on any atom is -0.480 e. The zero-order chi connectivity index (χ0) is 32.5. The van der Waals surface area contributed by atoms with E-state index in [4.69, 9.17) is 24.1 Å². The molecule has 1 aliphatic rings. The highest BCUT2D eigenvalue weighted by molar-refractivity contribution is 6.26. The molecule has 1 aromatic rings. The van der Waals surface area contributed by atoms with Crippen molar-refractivity contribution in [2.24, 2.45) is 11.3 Å². The number of carbonyl (C=O) groups excluding carboxylic acids is 3. The lowest BCUT2D eigenvalue weighted by molar-refractivity contribution is -0.143. The number of aliphatic carboxylic acids is 1. The highest BCUT2D eigenvalue weighted by Crippen LogP contribution is 2.41. The maximum atomic E-state index is 13.0. The fourth-order valence-electron chi connectivity index (χ4n) is 4.94. The maximum absolute atomic E-state index is 13.0. The summed E-state index contributed by atoms with van der Waals surface area (Å²) in [5.74, 6) is -2.37. The number of Topliss-reactive ketones (excluding diaryl/α,β-unsaturated/α-hetero) is 2. The van der Waals surface area contributed by atoms with Crippen molar-refractivity contribution in [3.63, 3.8) is 0 Å². The van der Waals surface area contributed by atoms with Crippen LogP contribution in [0.4, 0.5) is 0 Å². The Hall–Kier alpha value is -2.66. The number of fused-ring (bicyclic) bond motifs is 1. The molecule has 0 saturated carbocycles. The van der Waals surface area contributed by atoms with E-state index in [0.717, 1.165) is 0 Å². The Morgan fingerprint density at radius 2 is 1.16 bits per heavy atom. The van der Waals surface area contributed by atoms with Crippen LogP contribution in [0.15, 0.2) is 24.3 Å². The second kappa shape index (κ2) is 15.4. The lowest BCUT2D eigenvalue weighted by Gasteiger charge is -2.33. The van der Waals surface area contributed by atoms with E-state index in [0.29, 0.717) is 63.2 Å². The molecule has 43 heavy (non-hydrogen) atoms. The van der Waals surface area contributed by atoms with Crippen molar-refractivity contribution < 1.29 is 43.2 Å². The maximum Gasteiger partial charge on any atom is 0.329 e. The van der Waals surface area contributed by atoms with Crippen molar-refractivity contribution in [1.29, 1.82) is 0 Å². The van der Waals surface area contributed by atoms with Crippen LogP contribution in [-0.2, 0) is 28.5 Å². The summed E-state index contributed by atoms with van der Waals surface area (Å²) >= 11 is 0. The highest BCUT2D eigenvalue weighted by atomic mass is 16.5. The van der Waals surface area contributed by atoms with Gasteiger partial charge in [0.2, 0.25) is 5.91 Å². The van der Waals surface area contributed by atoms with Crippen molar-refractivity contribution in [1.82, 2.24) is 5.32 Å². The van der Waals surface area contributed by atoms with Crippen LogP contribution in [0.25, 0.3) is 0 Å². The third-order valence-corrected chi connectivity index (χ3v) is 7.90. The summed E-state index contributed by atoms with van der Waals surface area (Å²) in [7, 11) is 0. The van der Waals surface area contributed by atoms with Gasteiger partial charge in [0.25, 0.3) is 0 Å². The van der Waals surface area contributed by atoms with Crippen LogP contribution in [0.1, 0.15) is 102 Å². The average molecular weight is 606 g/mol. The molecular formula is C33H51NO9. The van der Waals surface area contributed by atoms with E-state index >= 15 is 0 Å². The predicted molar refractivity (Wildman–Crippen MR) is 162 cm³/mol. The molecule has 1 aromatic carbocycles. The third-order valence-electron chi connectivity index (χ3n) is 7.90. The summed E-state index contributed by atoms with van der Waals surface area (Å²) in [6.07, 6.45) is 2.50. The van der Waals surface area contributed by atoms with Crippen molar-refractivity contribution in [3.05, 3.63) is 35.4 Å². The average Bonchev–Trinajstić information content (AvgIpc) is 3.13. The van der Waals surface area contributed by atoms with E-state index < -0.39 is 40.7 Å². The van der Waals surface area contributed by atoms with Crippen LogP contribution in [-0.4, -0.2) is 84.9 Å². The van der Waals surface area contributed by atoms with Gasteiger partial charge in [-0.3, -0.25) is 14.4 Å². The molecule has 0 aromatic heterocycles. The van der Waals surface area contributed by atoms with E-state index in [1.54, 1.807) is 24.3 Å². The second-order valence-corrected chi connectivity index (χ2v) is 13.8. The van der Waals surface area contributed by atoms with Crippen LogP contribution in [0, 0.1) is 11.3 Å². The van der Waals surface area contributed by atoms with Gasteiger partial charge in [-0.2, -0.15) is 0 Å². The number of hydrogen-bond acceptors (Lipinski definition) is 8. The monoisotopic (exact) mass is 605 g/mol. The molecule has 10 nitrogen and oxygen atoms in total. The Morgan fingerprint density at radius 1 is 0.721 bits per heavy atom. The molecule has 0 fully saturated rings. The van der Waals surface area contributed by atoms with Gasteiger partial charge < -0.3 is 29.4 Å². The number of benzene rings is 1. The molecule has 0 radical (unpaired) electrons. The van der Waals surface area contributed by atoms with Crippen LogP contribution in [0.5, 0.6) is 0 Å². The van der Waals surface area contributed by atoms with Crippen LogP contribution in [0.2, 0.25) is 0 Å². The van der Waals surface area contributed by atoms with Gasteiger partial charge in [-0.25, -0.2) is 4.79 Å². The number of nitrogens with one attached hydrogen (secondary N) is 1.